The fraction of sp³-hybridized carbons (Fsp3) is 0.667. The molecule has 1 aromatic heterocycles. The summed E-state index contributed by atoms with van der Waals surface area (Å²) in [4.78, 5) is 0. The van der Waals surface area contributed by atoms with Crippen LogP contribution in [0, 0.1) is 0 Å². The predicted octanol–water partition coefficient (Wildman–Crippen LogP) is 3.42. The van der Waals surface area contributed by atoms with Crippen LogP contribution in [0.15, 0.2) is 0 Å². The molecule has 0 aliphatic heterocycles. The summed E-state index contributed by atoms with van der Waals surface area (Å²) < 4.78 is 1.82. The Kier molecular flexibility index (Phi) is 3.63. The molecule has 0 unspecified atom stereocenters. The van der Waals surface area contributed by atoms with Crippen molar-refractivity contribution in [2.75, 3.05) is 0 Å². The summed E-state index contributed by atoms with van der Waals surface area (Å²) >= 11 is 11.9. The average molecular weight is 221 g/mol. The molecule has 1 aromatic rings. The first-order valence-corrected chi connectivity index (χ1v) is 5.34. The van der Waals surface area contributed by atoms with Gasteiger partial charge in [0.15, 0.2) is 0 Å². The van der Waals surface area contributed by atoms with Gasteiger partial charge in [0.2, 0.25) is 0 Å². The molecule has 0 fully saturated rings. The van der Waals surface area contributed by atoms with Crippen molar-refractivity contribution in [2.45, 2.75) is 39.1 Å². The Balaban J connectivity index is 3.18. The molecule has 0 spiro atoms. The van der Waals surface area contributed by atoms with E-state index in [0.717, 1.165) is 17.7 Å². The lowest BCUT2D eigenvalue weighted by Crippen LogP contribution is -2.03. The van der Waals surface area contributed by atoms with Gasteiger partial charge in [0.25, 0.3) is 0 Å². The van der Waals surface area contributed by atoms with Gasteiger partial charge < -0.3 is 0 Å². The Bertz CT molecular complexity index is 292. The van der Waals surface area contributed by atoms with E-state index in [-0.39, 0.29) is 6.04 Å². The van der Waals surface area contributed by atoms with Gasteiger partial charge >= 0.3 is 0 Å². The molecular weight excluding hydrogens is 207 g/mol. The smallest absolute Gasteiger partial charge is 0.132 e. The highest BCUT2D eigenvalue weighted by Crippen LogP contribution is 2.25. The van der Waals surface area contributed by atoms with Crippen LogP contribution < -0.4 is 0 Å². The van der Waals surface area contributed by atoms with Crippen LogP contribution in [0.4, 0.5) is 0 Å². The number of halogens is 2. The highest BCUT2D eigenvalue weighted by atomic mass is 35.5. The lowest BCUT2D eigenvalue weighted by molar-refractivity contribution is 0.528. The van der Waals surface area contributed by atoms with Crippen LogP contribution in [0.2, 0.25) is 5.15 Å². The minimum atomic E-state index is 0.287. The number of aryl methyl sites for hydroxylation is 1. The first kappa shape index (κ1) is 10.9. The SMILES string of the molecule is CCc1nn(C(C)C)c(Cl)c1CCl. The zero-order valence-corrected chi connectivity index (χ0v) is 9.65. The molecule has 0 saturated heterocycles. The van der Waals surface area contributed by atoms with Crippen LogP contribution >= 0.6 is 23.2 Å². The molecule has 74 valence electrons. The van der Waals surface area contributed by atoms with Crippen LogP contribution in [0.25, 0.3) is 0 Å². The van der Waals surface area contributed by atoms with Gasteiger partial charge in [0.05, 0.1) is 11.6 Å². The van der Waals surface area contributed by atoms with Crippen molar-refractivity contribution in [3.63, 3.8) is 0 Å². The van der Waals surface area contributed by atoms with Gasteiger partial charge in [-0.3, -0.25) is 4.68 Å². The van der Waals surface area contributed by atoms with Crippen molar-refractivity contribution in [3.05, 3.63) is 16.4 Å². The topological polar surface area (TPSA) is 17.8 Å². The van der Waals surface area contributed by atoms with Gasteiger partial charge in [0, 0.05) is 11.6 Å². The molecule has 0 saturated carbocycles. The third kappa shape index (κ3) is 2.00. The molecule has 4 heteroatoms. The molecule has 0 aliphatic rings. The summed E-state index contributed by atoms with van der Waals surface area (Å²) in [7, 11) is 0. The van der Waals surface area contributed by atoms with E-state index in [1.165, 1.54) is 0 Å². The molecular formula is C9H14Cl2N2. The van der Waals surface area contributed by atoms with E-state index in [1.807, 2.05) is 4.68 Å². The number of alkyl halides is 1. The number of nitrogens with zero attached hydrogens (tertiary/aromatic N) is 2. The van der Waals surface area contributed by atoms with Gasteiger partial charge in [-0.1, -0.05) is 18.5 Å². The molecule has 1 rings (SSSR count). The Labute approximate surface area is 88.8 Å². The zero-order valence-electron chi connectivity index (χ0n) is 8.14. The average Bonchev–Trinajstić information content (AvgIpc) is 2.41. The molecule has 0 aliphatic carbocycles. The van der Waals surface area contributed by atoms with Gasteiger partial charge in [-0.05, 0) is 20.3 Å². The van der Waals surface area contributed by atoms with Gasteiger partial charge in [-0.2, -0.15) is 5.10 Å². The van der Waals surface area contributed by atoms with Crippen LogP contribution in [0.3, 0.4) is 0 Å². The molecule has 0 aromatic carbocycles. The highest BCUT2D eigenvalue weighted by molar-refractivity contribution is 6.31. The third-order valence-corrected chi connectivity index (χ3v) is 2.65. The minimum absolute atomic E-state index is 0.287. The maximum Gasteiger partial charge on any atom is 0.132 e. The Morgan fingerprint density at radius 2 is 2.08 bits per heavy atom. The van der Waals surface area contributed by atoms with Crippen molar-refractivity contribution in [3.8, 4) is 0 Å². The maximum atomic E-state index is 6.12. The molecule has 0 radical (unpaired) electrons. The Morgan fingerprint density at radius 3 is 2.38 bits per heavy atom. The first-order chi connectivity index (χ1) is 6.11. The second kappa shape index (κ2) is 4.34. The molecule has 0 bridgehead atoms. The summed E-state index contributed by atoms with van der Waals surface area (Å²) in [6, 6.07) is 0.287. The van der Waals surface area contributed by atoms with Gasteiger partial charge in [0.1, 0.15) is 5.15 Å². The quantitative estimate of drug-likeness (QED) is 0.715. The minimum Gasteiger partial charge on any atom is -0.251 e. The fourth-order valence-corrected chi connectivity index (χ4v) is 2.01. The van der Waals surface area contributed by atoms with Crippen LogP contribution in [-0.4, -0.2) is 9.78 Å². The largest absolute Gasteiger partial charge is 0.251 e. The monoisotopic (exact) mass is 220 g/mol. The van der Waals surface area contributed by atoms with E-state index < -0.39 is 0 Å². The van der Waals surface area contributed by atoms with E-state index in [0.29, 0.717) is 11.0 Å². The number of hydrogen-bond acceptors (Lipinski definition) is 1. The van der Waals surface area contributed by atoms with Crippen LogP contribution in [-0.2, 0) is 12.3 Å². The second-order valence-electron chi connectivity index (χ2n) is 3.24. The number of rotatable bonds is 3. The predicted molar refractivity (Wildman–Crippen MR) is 56.6 cm³/mol. The zero-order chi connectivity index (χ0) is 10.0. The lowest BCUT2D eigenvalue weighted by Gasteiger charge is -2.05. The molecule has 0 N–H and O–H groups in total. The summed E-state index contributed by atoms with van der Waals surface area (Å²) in [5, 5.41) is 5.08. The van der Waals surface area contributed by atoms with Crippen molar-refractivity contribution in [1.29, 1.82) is 0 Å². The van der Waals surface area contributed by atoms with Crippen LogP contribution in [0.5, 0.6) is 0 Å². The van der Waals surface area contributed by atoms with Crippen LogP contribution in [0.1, 0.15) is 38.1 Å². The second-order valence-corrected chi connectivity index (χ2v) is 3.87. The number of aromatic nitrogens is 2. The molecule has 0 atom stereocenters. The van der Waals surface area contributed by atoms with Crippen molar-refractivity contribution in [1.82, 2.24) is 9.78 Å². The van der Waals surface area contributed by atoms with E-state index in [4.69, 9.17) is 23.2 Å². The van der Waals surface area contributed by atoms with E-state index in [9.17, 15) is 0 Å². The molecule has 1 heterocycles. The first-order valence-electron chi connectivity index (χ1n) is 4.43. The summed E-state index contributed by atoms with van der Waals surface area (Å²) in [6.45, 7) is 6.16. The lowest BCUT2D eigenvalue weighted by atomic mass is 10.2. The number of hydrogen-bond donors (Lipinski definition) is 0. The fourth-order valence-electron chi connectivity index (χ4n) is 1.25. The van der Waals surface area contributed by atoms with Gasteiger partial charge in [-0.15, -0.1) is 11.6 Å². The Morgan fingerprint density at radius 1 is 1.46 bits per heavy atom. The summed E-state index contributed by atoms with van der Waals surface area (Å²) in [6.07, 6.45) is 0.876. The summed E-state index contributed by atoms with van der Waals surface area (Å²) in [5.41, 5.74) is 1.98. The highest BCUT2D eigenvalue weighted by Gasteiger charge is 2.15. The standard InChI is InChI=1S/C9H14Cl2N2/c1-4-8-7(5-10)9(11)13(12-8)6(2)3/h6H,4-5H2,1-3H3. The maximum absolute atomic E-state index is 6.12. The van der Waals surface area contributed by atoms with E-state index >= 15 is 0 Å². The van der Waals surface area contributed by atoms with Crippen molar-refractivity contribution in [2.24, 2.45) is 0 Å². The van der Waals surface area contributed by atoms with E-state index in [2.05, 4.69) is 25.9 Å². The normalized spacial score (nSPS) is 11.2. The summed E-state index contributed by atoms with van der Waals surface area (Å²) in [5.74, 6) is 0.439. The Hall–Kier alpha value is -0.210. The van der Waals surface area contributed by atoms with Crippen molar-refractivity contribution < 1.29 is 0 Å². The van der Waals surface area contributed by atoms with Crippen molar-refractivity contribution >= 4 is 23.2 Å². The third-order valence-electron chi connectivity index (χ3n) is 1.98. The van der Waals surface area contributed by atoms with Gasteiger partial charge in [-0.25, -0.2) is 0 Å². The molecule has 13 heavy (non-hydrogen) atoms. The molecule has 0 amide bonds. The van der Waals surface area contributed by atoms with E-state index in [1.54, 1.807) is 0 Å². The molecule has 2 nitrogen and oxygen atoms in total.